The summed E-state index contributed by atoms with van der Waals surface area (Å²) < 4.78 is 35.7. The summed E-state index contributed by atoms with van der Waals surface area (Å²) in [6.45, 7) is -0.287. The number of hydrogen-bond acceptors (Lipinski definition) is 1. The first-order valence-corrected chi connectivity index (χ1v) is 5.38. The van der Waals surface area contributed by atoms with Crippen molar-refractivity contribution in [1.82, 2.24) is 0 Å². The predicted molar refractivity (Wildman–Crippen MR) is 60.6 cm³/mol. The number of rotatable bonds is 3. The molecule has 0 aliphatic carbocycles. The third kappa shape index (κ3) is 4.28. The van der Waals surface area contributed by atoms with E-state index in [9.17, 15) is 13.2 Å². The minimum Gasteiger partial charge on any atom is -0.382 e. The monoisotopic (exact) mass is 291 g/mol. The van der Waals surface area contributed by atoms with Gasteiger partial charge in [0.1, 0.15) is 0 Å². The second-order valence-corrected chi connectivity index (χ2v) is 4.29. The largest absolute Gasteiger partial charge is 0.390 e. The average molecular weight is 293 g/mol. The number of hydrogen-bond donors (Lipinski definition) is 1. The third-order valence-electron chi connectivity index (χ3n) is 1.72. The Morgan fingerprint density at radius 3 is 2.00 bits per heavy atom. The summed E-state index contributed by atoms with van der Waals surface area (Å²) >= 11 is 17.2. The molecule has 7 heteroatoms. The molecule has 1 rings (SSSR count). The van der Waals surface area contributed by atoms with E-state index in [0.29, 0.717) is 5.02 Å². The van der Waals surface area contributed by atoms with Gasteiger partial charge in [0.25, 0.3) is 0 Å². The second-order valence-electron chi connectivity index (χ2n) is 3.04. The smallest absolute Gasteiger partial charge is 0.382 e. The van der Waals surface area contributed by atoms with Crippen LogP contribution in [0.1, 0.15) is 6.42 Å². The van der Waals surface area contributed by atoms with E-state index in [4.69, 9.17) is 34.8 Å². The maximum Gasteiger partial charge on any atom is 0.390 e. The Labute approximate surface area is 105 Å². The molecule has 1 nitrogen and oxygen atoms in total. The summed E-state index contributed by atoms with van der Waals surface area (Å²) in [6, 6.07) is 2.82. The molecular formula is C9H7Cl3F3N. The van der Waals surface area contributed by atoms with Crippen LogP contribution in [0.2, 0.25) is 15.1 Å². The van der Waals surface area contributed by atoms with E-state index >= 15 is 0 Å². The summed E-state index contributed by atoms with van der Waals surface area (Å²) in [5.74, 6) is 0. The maximum atomic E-state index is 11.9. The van der Waals surface area contributed by atoms with Crippen molar-refractivity contribution in [2.75, 3.05) is 11.9 Å². The van der Waals surface area contributed by atoms with Crippen molar-refractivity contribution in [3.8, 4) is 0 Å². The molecule has 0 aliphatic heterocycles. The zero-order chi connectivity index (χ0) is 12.3. The highest BCUT2D eigenvalue weighted by Crippen LogP contribution is 2.33. The van der Waals surface area contributed by atoms with Crippen LogP contribution >= 0.6 is 34.8 Å². The van der Waals surface area contributed by atoms with E-state index in [2.05, 4.69) is 5.32 Å². The predicted octanol–water partition coefficient (Wildman–Crippen LogP) is 5.01. The lowest BCUT2D eigenvalue weighted by molar-refractivity contribution is -0.131. The first-order chi connectivity index (χ1) is 7.29. The SMILES string of the molecule is FC(F)(F)CCNc1c(Cl)cc(Cl)cc1Cl. The Kier molecular flexibility index (Phi) is 4.59. The molecule has 0 atom stereocenters. The zero-order valence-electron chi connectivity index (χ0n) is 7.84. The van der Waals surface area contributed by atoms with Gasteiger partial charge in [0, 0.05) is 11.6 Å². The van der Waals surface area contributed by atoms with E-state index < -0.39 is 12.6 Å². The molecule has 0 aliphatic rings. The minimum absolute atomic E-state index is 0.194. The van der Waals surface area contributed by atoms with Crippen molar-refractivity contribution in [3.63, 3.8) is 0 Å². The zero-order valence-corrected chi connectivity index (χ0v) is 10.1. The third-order valence-corrected chi connectivity index (χ3v) is 2.53. The van der Waals surface area contributed by atoms with Gasteiger partial charge < -0.3 is 5.32 Å². The van der Waals surface area contributed by atoms with Crippen molar-refractivity contribution in [3.05, 3.63) is 27.2 Å². The van der Waals surface area contributed by atoms with Crippen LogP contribution in [0.4, 0.5) is 18.9 Å². The van der Waals surface area contributed by atoms with Crippen LogP contribution in [0.25, 0.3) is 0 Å². The van der Waals surface area contributed by atoms with Crippen molar-refractivity contribution in [2.24, 2.45) is 0 Å². The molecule has 1 aromatic rings. The topological polar surface area (TPSA) is 12.0 Å². The fourth-order valence-electron chi connectivity index (χ4n) is 1.04. The summed E-state index contributed by atoms with van der Waals surface area (Å²) in [6.07, 6.45) is -5.17. The molecule has 0 unspecified atom stereocenters. The molecule has 0 fully saturated rings. The van der Waals surface area contributed by atoms with Gasteiger partial charge in [-0.3, -0.25) is 0 Å². The Hall–Kier alpha value is -0.320. The molecular weight excluding hydrogens is 285 g/mol. The highest BCUT2D eigenvalue weighted by Gasteiger charge is 2.26. The lowest BCUT2D eigenvalue weighted by Crippen LogP contribution is -2.14. The van der Waals surface area contributed by atoms with Gasteiger partial charge in [-0.2, -0.15) is 13.2 Å². The van der Waals surface area contributed by atoms with E-state index in [1.54, 1.807) is 0 Å². The van der Waals surface area contributed by atoms with Crippen LogP contribution in [0.3, 0.4) is 0 Å². The lowest BCUT2D eigenvalue weighted by atomic mass is 10.3. The highest BCUT2D eigenvalue weighted by molar-refractivity contribution is 6.41. The lowest BCUT2D eigenvalue weighted by Gasteiger charge is -2.12. The minimum atomic E-state index is -4.21. The second kappa shape index (κ2) is 5.34. The normalized spacial score (nSPS) is 11.6. The Morgan fingerprint density at radius 2 is 1.56 bits per heavy atom. The van der Waals surface area contributed by atoms with Gasteiger partial charge in [0.15, 0.2) is 0 Å². The van der Waals surface area contributed by atoms with E-state index in [1.165, 1.54) is 12.1 Å². The number of anilines is 1. The van der Waals surface area contributed by atoms with E-state index in [1.807, 2.05) is 0 Å². The summed E-state index contributed by atoms with van der Waals surface area (Å²) in [5, 5.41) is 3.24. The Morgan fingerprint density at radius 1 is 1.06 bits per heavy atom. The van der Waals surface area contributed by atoms with Gasteiger partial charge >= 0.3 is 6.18 Å². The number of alkyl halides is 3. The molecule has 16 heavy (non-hydrogen) atoms. The van der Waals surface area contributed by atoms with Crippen LogP contribution in [0.15, 0.2) is 12.1 Å². The molecule has 1 N–H and O–H groups in total. The summed E-state index contributed by atoms with van der Waals surface area (Å²) in [4.78, 5) is 0. The standard InChI is InChI=1S/C9H7Cl3F3N/c10-5-3-6(11)8(7(12)4-5)16-2-1-9(13,14)15/h3-4,16H,1-2H2. The first-order valence-electron chi connectivity index (χ1n) is 4.25. The number of benzene rings is 1. The molecule has 0 saturated heterocycles. The van der Waals surface area contributed by atoms with Crippen molar-refractivity contribution in [1.29, 1.82) is 0 Å². The molecule has 0 bridgehead atoms. The Balaban J connectivity index is 2.68. The highest BCUT2D eigenvalue weighted by atomic mass is 35.5. The van der Waals surface area contributed by atoms with Crippen molar-refractivity contribution in [2.45, 2.75) is 12.6 Å². The maximum absolute atomic E-state index is 11.9. The fourth-order valence-corrected chi connectivity index (χ4v) is 1.99. The van der Waals surface area contributed by atoms with Gasteiger partial charge in [0.2, 0.25) is 0 Å². The molecule has 0 aromatic heterocycles. The average Bonchev–Trinajstić information content (AvgIpc) is 2.07. The van der Waals surface area contributed by atoms with Crippen LogP contribution in [0.5, 0.6) is 0 Å². The summed E-state index contributed by atoms with van der Waals surface area (Å²) in [5.41, 5.74) is 0.261. The van der Waals surface area contributed by atoms with Gasteiger partial charge in [-0.25, -0.2) is 0 Å². The Bertz CT molecular complexity index is 356. The molecule has 0 amide bonds. The molecule has 0 heterocycles. The molecule has 90 valence electrons. The van der Waals surface area contributed by atoms with E-state index in [-0.39, 0.29) is 22.3 Å². The van der Waals surface area contributed by atoms with Gasteiger partial charge in [0.05, 0.1) is 22.2 Å². The van der Waals surface area contributed by atoms with Crippen LogP contribution in [-0.2, 0) is 0 Å². The van der Waals surface area contributed by atoms with Gasteiger partial charge in [-0.05, 0) is 12.1 Å². The fraction of sp³-hybridized carbons (Fsp3) is 0.333. The van der Waals surface area contributed by atoms with Crippen LogP contribution < -0.4 is 5.32 Å². The van der Waals surface area contributed by atoms with E-state index in [0.717, 1.165) is 0 Å². The van der Waals surface area contributed by atoms with Crippen LogP contribution in [0, 0.1) is 0 Å². The quantitative estimate of drug-likeness (QED) is 0.825. The molecule has 1 aromatic carbocycles. The summed E-state index contributed by atoms with van der Waals surface area (Å²) in [7, 11) is 0. The first kappa shape index (κ1) is 13.7. The van der Waals surface area contributed by atoms with Gasteiger partial charge in [-0.1, -0.05) is 34.8 Å². The molecule has 0 spiro atoms. The van der Waals surface area contributed by atoms with Gasteiger partial charge in [-0.15, -0.1) is 0 Å². The molecule has 0 radical (unpaired) electrons. The molecule has 0 saturated carbocycles. The number of nitrogens with one attached hydrogen (secondary N) is 1. The van der Waals surface area contributed by atoms with Crippen molar-refractivity contribution < 1.29 is 13.2 Å². The van der Waals surface area contributed by atoms with Crippen LogP contribution in [-0.4, -0.2) is 12.7 Å². The van der Waals surface area contributed by atoms with Crippen molar-refractivity contribution >= 4 is 40.5 Å². The number of halogens is 6.